The largest absolute Gasteiger partial charge is 0.491 e. The van der Waals surface area contributed by atoms with Crippen LogP contribution in [0.2, 0.25) is 0 Å². The molecule has 0 fully saturated rings. The van der Waals surface area contributed by atoms with Crippen molar-refractivity contribution in [2.45, 2.75) is 65.3 Å². The molecule has 0 spiro atoms. The summed E-state index contributed by atoms with van der Waals surface area (Å²) in [5, 5.41) is 0. The van der Waals surface area contributed by atoms with Crippen molar-refractivity contribution >= 4 is 17.5 Å². The summed E-state index contributed by atoms with van der Waals surface area (Å²) in [6.45, 7) is 9.29. The van der Waals surface area contributed by atoms with E-state index in [1.165, 1.54) is 12.1 Å². The molecule has 0 aliphatic carbocycles. The van der Waals surface area contributed by atoms with Gasteiger partial charge in [-0.3, -0.25) is 9.59 Å². The quantitative estimate of drug-likeness (QED) is 0.444. The van der Waals surface area contributed by atoms with E-state index in [-0.39, 0.29) is 23.7 Å². The fraction of sp³-hybridized carbons (Fsp3) is 0.548. The maximum atomic E-state index is 13.6. The lowest BCUT2D eigenvalue weighted by Crippen LogP contribution is -2.46. The number of nitrogens with zero attached hydrogens (tertiary/aromatic N) is 3. The molecule has 0 radical (unpaired) electrons. The van der Waals surface area contributed by atoms with Gasteiger partial charge in [-0.1, -0.05) is 38.8 Å². The highest BCUT2D eigenvalue weighted by atomic mass is 19.1. The van der Waals surface area contributed by atoms with Crippen molar-refractivity contribution in [2.24, 2.45) is 5.92 Å². The Morgan fingerprint density at radius 2 is 1.74 bits per heavy atom. The van der Waals surface area contributed by atoms with E-state index in [9.17, 15) is 14.0 Å². The number of halogens is 1. The van der Waals surface area contributed by atoms with Gasteiger partial charge in [0.15, 0.2) is 0 Å². The van der Waals surface area contributed by atoms with Gasteiger partial charge in [0.05, 0.1) is 11.6 Å². The van der Waals surface area contributed by atoms with E-state index in [1.54, 1.807) is 12.1 Å². The maximum Gasteiger partial charge on any atom is 0.257 e. The first-order chi connectivity index (χ1) is 18.3. The molecule has 0 aromatic heterocycles. The monoisotopic (exact) mass is 525 g/mol. The van der Waals surface area contributed by atoms with Crippen LogP contribution in [-0.4, -0.2) is 67.5 Å². The van der Waals surface area contributed by atoms with Gasteiger partial charge < -0.3 is 19.4 Å². The number of hydrogen-bond donors (Lipinski definition) is 0. The molecule has 0 bridgehead atoms. The second kappa shape index (κ2) is 14.7. The third-order valence-electron chi connectivity index (χ3n) is 7.23. The second-order valence-corrected chi connectivity index (χ2v) is 10.6. The van der Waals surface area contributed by atoms with Gasteiger partial charge in [-0.05, 0) is 68.5 Å². The minimum Gasteiger partial charge on any atom is -0.491 e. The van der Waals surface area contributed by atoms with Gasteiger partial charge in [-0.25, -0.2) is 4.39 Å². The first-order valence-electron chi connectivity index (χ1n) is 14.1. The molecular weight excluding hydrogens is 481 g/mol. The van der Waals surface area contributed by atoms with Crippen LogP contribution in [0.25, 0.3) is 0 Å². The van der Waals surface area contributed by atoms with E-state index in [0.29, 0.717) is 49.9 Å². The smallest absolute Gasteiger partial charge is 0.257 e. The number of benzene rings is 2. The van der Waals surface area contributed by atoms with Gasteiger partial charge in [0.25, 0.3) is 5.91 Å². The summed E-state index contributed by atoms with van der Waals surface area (Å²) in [5.74, 6) is 0.780. The highest BCUT2D eigenvalue weighted by Gasteiger charge is 2.27. The predicted molar refractivity (Wildman–Crippen MR) is 151 cm³/mol. The molecule has 0 unspecified atom stereocenters. The van der Waals surface area contributed by atoms with Crippen molar-refractivity contribution in [1.82, 2.24) is 9.80 Å². The molecule has 2 aromatic rings. The second-order valence-electron chi connectivity index (χ2n) is 10.6. The zero-order valence-electron chi connectivity index (χ0n) is 23.5. The van der Waals surface area contributed by atoms with Crippen LogP contribution in [0, 0.1) is 11.7 Å². The van der Waals surface area contributed by atoms with E-state index in [0.717, 1.165) is 44.3 Å². The van der Waals surface area contributed by atoms with Crippen molar-refractivity contribution in [2.75, 3.05) is 44.7 Å². The van der Waals surface area contributed by atoms with Gasteiger partial charge in [0.1, 0.15) is 18.2 Å². The number of fused-ring (bicyclic) bond motifs is 1. The Hall–Kier alpha value is -3.09. The van der Waals surface area contributed by atoms with Crippen molar-refractivity contribution < 1.29 is 18.7 Å². The fourth-order valence-electron chi connectivity index (χ4n) is 5.04. The van der Waals surface area contributed by atoms with Crippen LogP contribution in [-0.2, 0) is 4.79 Å². The summed E-state index contributed by atoms with van der Waals surface area (Å²) in [4.78, 5) is 32.8. The van der Waals surface area contributed by atoms with Crippen LogP contribution < -0.4 is 9.64 Å². The average Bonchev–Trinajstić information content (AvgIpc) is 2.91. The van der Waals surface area contributed by atoms with Crippen LogP contribution in [0.5, 0.6) is 5.75 Å². The summed E-state index contributed by atoms with van der Waals surface area (Å²) in [6.07, 6.45) is 5.07. The van der Waals surface area contributed by atoms with E-state index < -0.39 is 0 Å². The normalized spacial score (nSPS) is 17.5. The Morgan fingerprint density at radius 3 is 2.42 bits per heavy atom. The number of rotatable bonds is 7. The summed E-state index contributed by atoms with van der Waals surface area (Å²) < 4.78 is 19.6. The molecule has 2 amide bonds. The number of para-hydroxylation sites is 1. The van der Waals surface area contributed by atoms with E-state index in [2.05, 4.69) is 13.8 Å². The lowest BCUT2D eigenvalue weighted by molar-refractivity contribution is -0.134. The molecule has 1 aliphatic rings. The molecule has 1 aliphatic heterocycles. The molecule has 2 aromatic carbocycles. The lowest BCUT2D eigenvalue weighted by Gasteiger charge is -2.34. The lowest BCUT2D eigenvalue weighted by atomic mass is 10.0. The van der Waals surface area contributed by atoms with Crippen LogP contribution in [0.1, 0.15) is 69.7 Å². The Morgan fingerprint density at radius 1 is 1.05 bits per heavy atom. The van der Waals surface area contributed by atoms with Crippen molar-refractivity contribution in [3.05, 3.63) is 59.9 Å². The Labute approximate surface area is 227 Å². The molecule has 6 nitrogen and oxygen atoms in total. The number of anilines is 1. The SMILES string of the molecule is CCN1CCCCCCN(C(=O)CCN(C)c2ccc(F)cc2)[C@@H](CC(C)C)COc2ccccc2C1=O. The van der Waals surface area contributed by atoms with E-state index in [4.69, 9.17) is 4.74 Å². The highest BCUT2D eigenvalue weighted by molar-refractivity contribution is 5.96. The molecule has 0 N–H and O–H groups in total. The summed E-state index contributed by atoms with van der Waals surface area (Å²) in [5.41, 5.74) is 1.46. The summed E-state index contributed by atoms with van der Waals surface area (Å²) in [7, 11) is 1.92. The van der Waals surface area contributed by atoms with E-state index in [1.807, 2.05) is 52.9 Å². The molecule has 38 heavy (non-hydrogen) atoms. The number of hydrogen-bond acceptors (Lipinski definition) is 4. The highest BCUT2D eigenvalue weighted by Crippen LogP contribution is 2.24. The van der Waals surface area contributed by atoms with Crippen molar-refractivity contribution in [3.8, 4) is 5.75 Å². The minimum atomic E-state index is -0.272. The summed E-state index contributed by atoms with van der Waals surface area (Å²) in [6, 6.07) is 13.7. The maximum absolute atomic E-state index is 13.6. The molecular formula is C31H44FN3O3. The molecule has 0 saturated heterocycles. The third-order valence-corrected chi connectivity index (χ3v) is 7.23. The number of carbonyl (C=O) groups excluding carboxylic acids is 2. The first-order valence-corrected chi connectivity index (χ1v) is 14.1. The number of ether oxygens (including phenoxy) is 1. The Kier molecular flexibility index (Phi) is 11.4. The van der Waals surface area contributed by atoms with Crippen molar-refractivity contribution in [3.63, 3.8) is 0 Å². The fourth-order valence-corrected chi connectivity index (χ4v) is 5.04. The van der Waals surface area contributed by atoms with Gasteiger partial charge in [-0.2, -0.15) is 0 Å². The first kappa shape index (κ1) is 29.5. The topological polar surface area (TPSA) is 53.1 Å². The third kappa shape index (κ3) is 8.47. The predicted octanol–water partition coefficient (Wildman–Crippen LogP) is 6.01. The van der Waals surface area contributed by atoms with Gasteiger partial charge >= 0.3 is 0 Å². The zero-order chi connectivity index (χ0) is 27.5. The number of amides is 2. The minimum absolute atomic E-state index is 0.00247. The number of carbonyl (C=O) groups is 2. The van der Waals surface area contributed by atoms with Crippen LogP contribution in [0.4, 0.5) is 10.1 Å². The summed E-state index contributed by atoms with van der Waals surface area (Å²) >= 11 is 0. The zero-order valence-corrected chi connectivity index (χ0v) is 23.5. The average molecular weight is 526 g/mol. The van der Waals surface area contributed by atoms with Gasteiger partial charge in [-0.15, -0.1) is 0 Å². The van der Waals surface area contributed by atoms with Gasteiger partial charge in [0.2, 0.25) is 5.91 Å². The molecule has 1 heterocycles. The van der Waals surface area contributed by atoms with Crippen LogP contribution in [0.15, 0.2) is 48.5 Å². The standard InChI is InChI=1S/C31H44FN3O3/c1-5-34-19-10-6-7-11-20-35(30(36)18-21-33(4)26-16-14-25(32)15-17-26)27(22-24(2)3)23-38-29-13-9-8-12-28(29)31(34)37/h8-9,12-17,24,27H,5-7,10-11,18-23H2,1-4H3/t27-/m0/s1. The molecule has 0 saturated carbocycles. The Bertz CT molecular complexity index is 1030. The molecule has 7 heteroatoms. The van der Waals surface area contributed by atoms with Crippen LogP contribution in [0.3, 0.4) is 0 Å². The van der Waals surface area contributed by atoms with Crippen LogP contribution >= 0.6 is 0 Å². The molecule has 3 rings (SSSR count). The van der Waals surface area contributed by atoms with Gasteiger partial charge in [0, 0.05) is 45.3 Å². The van der Waals surface area contributed by atoms with E-state index >= 15 is 0 Å². The van der Waals surface area contributed by atoms with Crippen molar-refractivity contribution in [1.29, 1.82) is 0 Å². The Balaban J connectivity index is 1.79. The molecule has 208 valence electrons. The molecule has 1 atom stereocenters.